The lowest BCUT2D eigenvalue weighted by atomic mass is 10.2. The molecule has 4 rings (SSSR count). The quantitative estimate of drug-likeness (QED) is 0.0948. The molecule has 0 unspecified atom stereocenters. The van der Waals surface area contributed by atoms with Gasteiger partial charge >= 0.3 is 0 Å². The lowest BCUT2D eigenvalue weighted by molar-refractivity contribution is 0.243. The molecule has 7 heteroatoms. The highest BCUT2D eigenvalue weighted by Crippen LogP contribution is 2.36. The minimum Gasteiger partial charge on any atom is -0.493 e. The van der Waals surface area contributed by atoms with Gasteiger partial charge in [-0.25, -0.2) is 4.98 Å². The van der Waals surface area contributed by atoms with Gasteiger partial charge in [0, 0.05) is 37.3 Å². The predicted octanol–water partition coefficient (Wildman–Crippen LogP) is 8.52. The monoisotopic (exact) mass is 600 g/mol. The predicted molar refractivity (Wildman–Crippen MR) is 182 cm³/mol. The van der Waals surface area contributed by atoms with E-state index in [0.29, 0.717) is 13.2 Å². The summed E-state index contributed by atoms with van der Waals surface area (Å²) in [6, 6.07) is 22.3. The van der Waals surface area contributed by atoms with Crippen molar-refractivity contribution in [3.05, 3.63) is 66.7 Å². The largest absolute Gasteiger partial charge is 0.493 e. The third-order valence-corrected chi connectivity index (χ3v) is 8.15. The van der Waals surface area contributed by atoms with Gasteiger partial charge in [-0.2, -0.15) is 0 Å². The van der Waals surface area contributed by atoms with Crippen LogP contribution in [-0.2, 0) is 6.54 Å². The van der Waals surface area contributed by atoms with Gasteiger partial charge in [0.25, 0.3) is 0 Å². The van der Waals surface area contributed by atoms with E-state index < -0.39 is 0 Å². The van der Waals surface area contributed by atoms with Crippen LogP contribution >= 0.6 is 0 Å². The van der Waals surface area contributed by atoms with E-state index in [-0.39, 0.29) is 0 Å². The van der Waals surface area contributed by atoms with E-state index in [1.165, 1.54) is 0 Å². The Labute approximate surface area is 264 Å². The molecule has 7 nitrogen and oxygen atoms in total. The molecule has 0 radical (unpaired) electrons. The number of hydrogen-bond acceptors (Lipinski definition) is 6. The van der Waals surface area contributed by atoms with Crippen LogP contribution in [0.25, 0.3) is 22.4 Å². The van der Waals surface area contributed by atoms with Crippen LogP contribution in [0.5, 0.6) is 23.0 Å². The molecule has 0 fully saturated rings. The molecule has 4 aromatic rings. The fourth-order valence-electron chi connectivity index (χ4n) is 5.47. The molecular formula is C37H52N4O3. The van der Waals surface area contributed by atoms with Gasteiger partial charge in [0.1, 0.15) is 28.6 Å². The Bertz CT molecular complexity index is 1400. The highest BCUT2D eigenvalue weighted by Gasteiger charge is 2.19. The fraction of sp³-hybridized carbons (Fsp3) is 0.486. The van der Waals surface area contributed by atoms with E-state index in [4.69, 9.17) is 19.2 Å². The Morgan fingerprint density at radius 3 is 1.98 bits per heavy atom. The second kappa shape index (κ2) is 17.7. The average Bonchev–Trinajstić information content (AvgIpc) is 3.43. The molecule has 0 amide bonds. The van der Waals surface area contributed by atoms with E-state index in [0.717, 1.165) is 117 Å². The van der Waals surface area contributed by atoms with Gasteiger partial charge in [-0.3, -0.25) is 0 Å². The minimum absolute atomic E-state index is 0.633. The normalized spacial score (nSPS) is 11.5. The number of imidazole rings is 1. The standard InChI is InChI=1S/C37H52N4O3/c1-6-11-24-41-34-28-33(42-25-16-22-39(7-2)8-3)29-35(43-26-17-23-40(9-4)10-5)36(34)38-37(41)30-18-15-21-32(27-30)44-31-19-13-12-14-20-31/h12-15,18-21,27-29H,6-11,16-17,22-26H2,1-5H3. The molecule has 0 aliphatic carbocycles. The number of para-hydroxylation sites is 1. The number of unbranched alkanes of at least 4 members (excludes halogenated alkanes) is 1. The molecule has 0 saturated heterocycles. The van der Waals surface area contributed by atoms with Crippen LogP contribution in [0, 0.1) is 0 Å². The van der Waals surface area contributed by atoms with Crippen LogP contribution < -0.4 is 14.2 Å². The number of benzene rings is 3. The van der Waals surface area contributed by atoms with Crippen LogP contribution in [0.1, 0.15) is 60.3 Å². The first-order valence-electron chi connectivity index (χ1n) is 16.7. The second-order valence-electron chi connectivity index (χ2n) is 11.1. The summed E-state index contributed by atoms with van der Waals surface area (Å²) in [5.41, 5.74) is 2.94. The summed E-state index contributed by atoms with van der Waals surface area (Å²) in [5, 5.41) is 0. The summed E-state index contributed by atoms with van der Waals surface area (Å²) in [4.78, 5) is 10.1. The Kier molecular flexibility index (Phi) is 13.4. The van der Waals surface area contributed by atoms with Gasteiger partial charge in [0.05, 0.1) is 18.7 Å². The number of hydrogen-bond donors (Lipinski definition) is 0. The molecule has 0 aliphatic rings. The average molecular weight is 601 g/mol. The van der Waals surface area contributed by atoms with Crippen molar-refractivity contribution in [1.29, 1.82) is 0 Å². The molecular weight excluding hydrogens is 548 g/mol. The Hall–Kier alpha value is -3.55. The highest BCUT2D eigenvalue weighted by molar-refractivity contribution is 5.87. The Morgan fingerprint density at radius 1 is 0.659 bits per heavy atom. The number of nitrogens with zero attached hydrogens (tertiary/aromatic N) is 4. The van der Waals surface area contributed by atoms with E-state index in [9.17, 15) is 0 Å². The van der Waals surface area contributed by atoms with Crippen molar-refractivity contribution in [3.8, 4) is 34.4 Å². The van der Waals surface area contributed by atoms with Crippen LogP contribution in [0.3, 0.4) is 0 Å². The van der Waals surface area contributed by atoms with Gasteiger partial charge in [-0.15, -0.1) is 0 Å². The van der Waals surface area contributed by atoms with Gasteiger partial charge < -0.3 is 28.6 Å². The zero-order valence-corrected chi connectivity index (χ0v) is 27.6. The zero-order chi connectivity index (χ0) is 31.1. The van der Waals surface area contributed by atoms with E-state index in [1.807, 2.05) is 48.5 Å². The van der Waals surface area contributed by atoms with Crippen molar-refractivity contribution in [1.82, 2.24) is 19.4 Å². The van der Waals surface area contributed by atoms with Gasteiger partial charge in [0.15, 0.2) is 5.75 Å². The number of aryl methyl sites for hydroxylation is 1. The highest BCUT2D eigenvalue weighted by atomic mass is 16.5. The zero-order valence-electron chi connectivity index (χ0n) is 27.6. The maximum Gasteiger partial charge on any atom is 0.150 e. The van der Waals surface area contributed by atoms with Crippen molar-refractivity contribution < 1.29 is 14.2 Å². The van der Waals surface area contributed by atoms with Crippen molar-refractivity contribution in [2.24, 2.45) is 0 Å². The molecule has 44 heavy (non-hydrogen) atoms. The number of fused-ring (bicyclic) bond motifs is 1. The van der Waals surface area contributed by atoms with E-state index >= 15 is 0 Å². The van der Waals surface area contributed by atoms with Crippen LogP contribution in [-0.4, -0.2) is 71.8 Å². The van der Waals surface area contributed by atoms with Gasteiger partial charge in [-0.1, -0.05) is 71.4 Å². The summed E-state index contributed by atoms with van der Waals surface area (Å²) in [6.45, 7) is 19.5. The molecule has 0 atom stereocenters. The Balaban J connectivity index is 1.67. The van der Waals surface area contributed by atoms with Crippen LogP contribution in [0.4, 0.5) is 0 Å². The first-order chi connectivity index (χ1) is 21.6. The SMILES string of the molecule is CCCCn1c(-c2cccc(Oc3ccccc3)c2)nc2c(OCCCN(CC)CC)cc(OCCCN(CC)CC)cc21. The molecule has 1 aromatic heterocycles. The third-order valence-electron chi connectivity index (χ3n) is 8.15. The summed E-state index contributed by atoms with van der Waals surface area (Å²) in [7, 11) is 0. The Morgan fingerprint density at radius 2 is 1.32 bits per heavy atom. The van der Waals surface area contributed by atoms with E-state index in [2.05, 4.69) is 67.2 Å². The lowest BCUT2D eigenvalue weighted by Crippen LogP contribution is -2.25. The molecule has 3 aromatic carbocycles. The van der Waals surface area contributed by atoms with Crippen LogP contribution in [0.15, 0.2) is 66.7 Å². The second-order valence-corrected chi connectivity index (χ2v) is 11.1. The van der Waals surface area contributed by atoms with Crippen molar-refractivity contribution in [2.75, 3.05) is 52.5 Å². The molecule has 238 valence electrons. The maximum atomic E-state index is 6.47. The molecule has 0 saturated carbocycles. The first-order valence-corrected chi connectivity index (χ1v) is 16.7. The summed E-state index contributed by atoms with van der Waals surface area (Å²) < 4.78 is 21.3. The van der Waals surface area contributed by atoms with E-state index in [1.54, 1.807) is 0 Å². The lowest BCUT2D eigenvalue weighted by Gasteiger charge is -2.18. The number of aromatic nitrogens is 2. The summed E-state index contributed by atoms with van der Waals surface area (Å²) in [6.07, 6.45) is 4.08. The first kappa shape index (κ1) is 33.3. The molecule has 1 heterocycles. The summed E-state index contributed by atoms with van der Waals surface area (Å²) >= 11 is 0. The summed E-state index contributed by atoms with van der Waals surface area (Å²) in [5.74, 6) is 4.13. The molecule has 0 N–H and O–H groups in total. The molecule has 0 aliphatic heterocycles. The number of rotatable bonds is 20. The molecule has 0 bridgehead atoms. The topological polar surface area (TPSA) is 52.0 Å². The third kappa shape index (κ3) is 9.23. The number of ether oxygens (including phenoxy) is 3. The van der Waals surface area contributed by atoms with Crippen LogP contribution in [0.2, 0.25) is 0 Å². The van der Waals surface area contributed by atoms with Crippen molar-refractivity contribution >= 4 is 11.0 Å². The smallest absolute Gasteiger partial charge is 0.150 e. The maximum absolute atomic E-state index is 6.47. The van der Waals surface area contributed by atoms with Crippen molar-refractivity contribution in [3.63, 3.8) is 0 Å². The van der Waals surface area contributed by atoms with Crippen molar-refractivity contribution in [2.45, 2.75) is 66.8 Å². The van der Waals surface area contributed by atoms with Gasteiger partial charge in [0.2, 0.25) is 0 Å². The minimum atomic E-state index is 0.633. The fourth-order valence-corrected chi connectivity index (χ4v) is 5.47. The van der Waals surface area contributed by atoms with Gasteiger partial charge in [-0.05, 0) is 69.7 Å². The molecule has 0 spiro atoms.